The van der Waals surface area contributed by atoms with Crippen molar-refractivity contribution in [3.8, 4) is 5.82 Å². The first-order valence-corrected chi connectivity index (χ1v) is 3.71. The standard InChI is InChI=1S/C9H8N3/c1-8-10-6-7-12(8)9-4-2-3-5-11-9/h2-3,5-7H,1H3. The molecule has 0 unspecified atom stereocenters. The van der Waals surface area contributed by atoms with Crippen molar-refractivity contribution in [1.82, 2.24) is 14.5 Å². The van der Waals surface area contributed by atoms with Gasteiger partial charge in [-0.1, -0.05) is 0 Å². The van der Waals surface area contributed by atoms with Crippen molar-refractivity contribution < 1.29 is 0 Å². The zero-order chi connectivity index (χ0) is 8.39. The Balaban J connectivity index is 2.51. The van der Waals surface area contributed by atoms with Crippen LogP contribution in [-0.4, -0.2) is 14.5 Å². The number of rotatable bonds is 1. The van der Waals surface area contributed by atoms with Gasteiger partial charge in [-0.3, -0.25) is 4.57 Å². The molecule has 12 heavy (non-hydrogen) atoms. The summed E-state index contributed by atoms with van der Waals surface area (Å²) < 4.78 is 1.89. The van der Waals surface area contributed by atoms with E-state index in [1.54, 1.807) is 12.4 Å². The highest BCUT2D eigenvalue weighted by atomic mass is 15.1. The van der Waals surface area contributed by atoms with Gasteiger partial charge in [0.05, 0.1) is 0 Å². The second-order valence-corrected chi connectivity index (χ2v) is 2.45. The lowest BCUT2D eigenvalue weighted by Gasteiger charge is -2.00. The van der Waals surface area contributed by atoms with Crippen LogP contribution >= 0.6 is 0 Å². The number of aryl methyl sites for hydroxylation is 1. The summed E-state index contributed by atoms with van der Waals surface area (Å²) in [5, 5.41) is 0. The highest BCUT2D eigenvalue weighted by Gasteiger charge is 1.98. The largest absolute Gasteiger partial charge is 0.288 e. The van der Waals surface area contributed by atoms with Gasteiger partial charge in [0.2, 0.25) is 0 Å². The molecule has 0 saturated carbocycles. The molecule has 0 fully saturated rings. The third kappa shape index (κ3) is 1.09. The zero-order valence-electron chi connectivity index (χ0n) is 6.73. The Morgan fingerprint density at radius 2 is 2.25 bits per heavy atom. The summed E-state index contributed by atoms with van der Waals surface area (Å²) in [5.41, 5.74) is 0. The lowest BCUT2D eigenvalue weighted by molar-refractivity contribution is 0.931. The molecule has 0 saturated heterocycles. The molecule has 0 aliphatic carbocycles. The van der Waals surface area contributed by atoms with Crippen molar-refractivity contribution in [3.05, 3.63) is 42.6 Å². The number of aromatic nitrogens is 3. The van der Waals surface area contributed by atoms with Crippen LogP contribution in [0.25, 0.3) is 5.82 Å². The van der Waals surface area contributed by atoms with Crippen LogP contribution in [0.1, 0.15) is 5.82 Å². The molecule has 0 aliphatic rings. The molecule has 2 aromatic heterocycles. The first-order valence-electron chi connectivity index (χ1n) is 3.71. The molecule has 0 bridgehead atoms. The van der Waals surface area contributed by atoms with Crippen LogP contribution in [0.5, 0.6) is 0 Å². The van der Waals surface area contributed by atoms with Gasteiger partial charge in [0, 0.05) is 24.7 Å². The normalized spacial score (nSPS) is 10.1. The van der Waals surface area contributed by atoms with E-state index in [1.165, 1.54) is 0 Å². The van der Waals surface area contributed by atoms with E-state index in [-0.39, 0.29) is 0 Å². The number of imidazole rings is 1. The van der Waals surface area contributed by atoms with Gasteiger partial charge in [-0.25, -0.2) is 9.97 Å². The Labute approximate surface area is 70.7 Å². The molecule has 0 aliphatic heterocycles. The molecule has 0 aromatic carbocycles. The Kier molecular flexibility index (Phi) is 1.63. The Morgan fingerprint density at radius 1 is 1.33 bits per heavy atom. The van der Waals surface area contributed by atoms with Crippen molar-refractivity contribution in [3.63, 3.8) is 0 Å². The summed E-state index contributed by atoms with van der Waals surface area (Å²) in [6, 6.07) is 6.70. The van der Waals surface area contributed by atoms with Gasteiger partial charge in [-0.15, -0.1) is 0 Å². The summed E-state index contributed by atoms with van der Waals surface area (Å²) in [4.78, 5) is 8.25. The van der Waals surface area contributed by atoms with Crippen molar-refractivity contribution in [2.75, 3.05) is 0 Å². The minimum Gasteiger partial charge on any atom is -0.288 e. The third-order valence-corrected chi connectivity index (χ3v) is 1.65. The van der Waals surface area contributed by atoms with E-state index in [9.17, 15) is 0 Å². The molecule has 2 rings (SSSR count). The molecule has 2 aromatic rings. The summed E-state index contributed by atoms with van der Waals surface area (Å²) >= 11 is 0. The van der Waals surface area contributed by atoms with E-state index in [0.717, 1.165) is 11.6 Å². The zero-order valence-corrected chi connectivity index (χ0v) is 6.73. The lowest BCUT2D eigenvalue weighted by atomic mass is 10.4. The number of hydrogen-bond acceptors (Lipinski definition) is 2. The molecule has 0 spiro atoms. The van der Waals surface area contributed by atoms with E-state index in [1.807, 2.05) is 29.8 Å². The fourth-order valence-electron chi connectivity index (χ4n) is 1.05. The molecule has 59 valence electrons. The fourth-order valence-corrected chi connectivity index (χ4v) is 1.05. The van der Waals surface area contributed by atoms with Crippen molar-refractivity contribution in [2.45, 2.75) is 6.92 Å². The molecule has 3 nitrogen and oxygen atoms in total. The van der Waals surface area contributed by atoms with Gasteiger partial charge >= 0.3 is 0 Å². The van der Waals surface area contributed by atoms with E-state index in [4.69, 9.17) is 0 Å². The molecule has 0 N–H and O–H groups in total. The first kappa shape index (κ1) is 7.03. The highest BCUT2D eigenvalue weighted by Crippen LogP contribution is 2.04. The van der Waals surface area contributed by atoms with Crippen LogP contribution < -0.4 is 0 Å². The van der Waals surface area contributed by atoms with Crippen LogP contribution in [0.4, 0.5) is 0 Å². The van der Waals surface area contributed by atoms with Gasteiger partial charge < -0.3 is 0 Å². The molecule has 0 amide bonds. The monoisotopic (exact) mass is 158 g/mol. The topological polar surface area (TPSA) is 30.7 Å². The first-order chi connectivity index (χ1) is 5.88. The van der Waals surface area contributed by atoms with Crippen molar-refractivity contribution in [2.24, 2.45) is 0 Å². The Bertz CT molecular complexity index is 364. The van der Waals surface area contributed by atoms with Gasteiger partial charge in [0.1, 0.15) is 11.6 Å². The maximum absolute atomic E-state index is 4.15. The molecule has 0 atom stereocenters. The van der Waals surface area contributed by atoms with Gasteiger partial charge in [0.25, 0.3) is 0 Å². The summed E-state index contributed by atoms with van der Waals surface area (Å²) in [6.45, 7) is 1.93. The van der Waals surface area contributed by atoms with E-state index in [0.29, 0.717) is 0 Å². The lowest BCUT2D eigenvalue weighted by Crippen LogP contribution is -1.97. The third-order valence-electron chi connectivity index (χ3n) is 1.65. The SMILES string of the molecule is Cc1nccn1-c1[c]cccn1. The maximum Gasteiger partial charge on any atom is 0.146 e. The minimum atomic E-state index is 0.785. The number of hydrogen-bond donors (Lipinski definition) is 0. The molecule has 1 radical (unpaired) electrons. The van der Waals surface area contributed by atoms with E-state index >= 15 is 0 Å². The summed E-state index contributed by atoms with van der Waals surface area (Å²) in [6.07, 6.45) is 5.36. The Morgan fingerprint density at radius 3 is 2.83 bits per heavy atom. The molecule has 2 heterocycles. The minimum absolute atomic E-state index is 0.785. The highest BCUT2D eigenvalue weighted by molar-refractivity contribution is 5.21. The van der Waals surface area contributed by atoms with Gasteiger partial charge in [-0.2, -0.15) is 0 Å². The molecular weight excluding hydrogens is 150 g/mol. The average molecular weight is 158 g/mol. The van der Waals surface area contributed by atoms with Crippen LogP contribution in [0.3, 0.4) is 0 Å². The second kappa shape index (κ2) is 2.77. The van der Waals surface area contributed by atoms with Crippen LogP contribution in [-0.2, 0) is 0 Å². The van der Waals surface area contributed by atoms with Crippen LogP contribution in [0, 0.1) is 13.0 Å². The van der Waals surface area contributed by atoms with E-state index in [2.05, 4.69) is 16.0 Å². The molecular formula is C9H8N3. The second-order valence-electron chi connectivity index (χ2n) is 2.45. The van der Waals surface area contributed by atoms with Crippen LogP contribution in [0.2, 0.25) is 0 Å². The van der Waals surface area contributed by atoms with E-state index < -0.39 is 0 Å². The maximum atomic E-state index is 4.15. The van der Waals surface area contributed by atoms with Crippen LogP contribution in [0.15, 0.2) is 30.7 Å². The van der Waals surface area contributed by atoms with Gasteiger partial charge in [-0.05, 0) is 19.1 Å². The summed E-state index contributed by atoms with van der Waals surface area (Å²) in [7, 11) is 0. The smallest absolute Gasteiger partial charge is 0.146 e. The number of pyridine rings is 1. The summed E-state index contributed by atoms with van der Waals surface area (Å²) in [5.74, 6) is 1.71. The molecule has 3 heteroatoms. The van der Waals surface area contributed by atoms with Crippen molar-refractivity contribution in [1.29, 1.82) is 0 Å². The van der Waals surface area contributed by atoms with Crippen molar-refractivity contribution >= 4 is 0 Å². The fraction of sp³-hybridized carbons (Fsp3) is 0.111. The quantitative estimate of drug-likeness (QED) is 0.627. The predicted molar refractivity (Wildman–Crippen MR) is 44.9 cm³/mol. The van der Waals surface area contributed by atoms with Gasteiger partial charge in [0.15, 0.2) is 0 Å². The Hall–Kier alpha value is -1.64. The number of nitrogens with zero attached hydrogens (tertiary/aromatic N) is 3. The average Bonchev–Trinajstić information content (AvgIpc) is 2.53. The predicted octanol–water partition coefficient (Wildman–Crippen LogP) is 1.38.